The maximum Gasteiger partial charge on any atom is 0.367 e. The lowest BCUT2D eigenvalue weighted by Crippen LogP contribution is -2.49. The predicted octanol–water partition coefficient (Wildman–Crippen LogP) is 5.31. The molecule has 0 bridgehead atoms. The first-order chi connectivity index (χ1) is 12.8. The summed E-state index contributed by atoms with van der Waals surface area (Å²) in [5, 5.41) is 0. The monoisotopic (exact) mass is 374 g/mol. The Balaban J connectivity index is 1.65. The van der Waals surface area contributed by atoms with Gasteiger partial charge in [0.2, 0.25) is 5.83 Å². The molecule has 3 fully saturated rings. The zero-order valence-electron chi connectivity index (χ0n) is 16.8. The van der Waals surface area contributed by atoms with Gasteiger partial charge in [0, 0.05) is 6.42 Å². The molecule has 0 aromatic carbocycles. The van der Waals surface area contributed by atoms with Gasteiger partial charge in [-0.3, -0.25) is 4.79 Å². The second kappa shape index (κ2) is 6.56. The number of ether oxygens (including phenoxy) is 1. The molecule has 0 N–H and O–H groups in total. The van der Waals surface area contributed by atoms with Gasteiger partial charge in [0.1, 0.15) is 0 Å². The van der Waals surface area contributed by atoms with Crippen molar-refractivity contribution in [3.63, 3.8) is 0 Å². The summed E-state index contributed by atoms with van der Waals surface area (Å²) in [5.74, 6) is 0.432. The van der Waals surface area contributed by atoms with Crippen molar-refractivity contribution in [2.45, 2.75) is 72.1 Å². The van der Waals surface area contributed by atoms with Gasteiger partial charge in [-0.25, -0.2) is 4.79 Å². The van der Waals surface area contributed by atoms with Crippen molar-refractivity contribution in [2.24, 2.45) is 28.6 Å². The number of esters is 1. The van der Waals surface area contributed by atoms with E-state index in [0.717, 1.165) is 38.5 Å². The highest BCUT2D eigenvalue weighted by molar-refractivity contribution is 5.91. The summed E-state index contributed by atoms with van der Waals surface area (Å²) in [4.78, 5) is 23.9. The molecule has 3 unspecified atom stereocenters. The highest BCUT2D eigenvalue weighted by Crippen LogP contribution is 2.66. The molecule has 0 aliphatic heterocycles. The van der Waals surface area contributed by atoms with Crippen LogP contribution in [0.5, 0.6) is 0 Å². The lowest BCUT2D eigenvalue weighted by atomic mass is 9.47. The maximum atomic E-state index is 14.9. The number of hydrogen-bond donors (Lipinski definition) is 0. The number of halogens is 1. The molecular formula is C23H31FO3. The van der Waals surface area contributed by atoms with E-state index in [1.165, 1.54) is 5.57 Å². The SMILES string of the molecule is CCOC(=O)/C(F)=C1/CCC2C3CCC4=CC(=O)CC[C@]4(C)C3CC[C@]12C. The van der Waals surface area contributed by atoms with Crippen LogP contribution >= 0.6 is 0 Å². The highest BCUT2D eigenvalue weighted by Gasteiger charge is 2.58. The van der Waals surface area contributed by atoms with E-state index in [0.29, 0.717) is 36.2 Å². The number of rotatable bonds is 2. The van der Waals surface area contributed by atoms with Crippen LogP contribution in [0.3, 0.4) is 0 Å². The number of fused-ring (bicyclic) bond motifs is 5. The third kappa shape index (κ3) is 2.74. The van der Waals surface area contributed by atoms with E-state index < -0.39 is 11.8 Å². The van der Waals surface area contributed by atoms with E-state index in [1.807, 2.05) is 6.08 Å². The fourth-order valence-corrected chi connectivity index (χ4v) is 7.05. The van der Waals surface area contributed by atoms with Gasteiger partial charge in [-0.2, -0.15) is 4.39 Å². The van der Waals surface area contributed by atoms with Crippen LogP contribution < -0.4 is 0 Å². The first-order valence-electron chi connectivity index (χ1n) is 10.6. The number of hydrogen-bond acceptors (Lipinski definition) is 3. The molecule has 4 rings (SSSR count). The van der Waals surface area contributed by atoms with Crippen molar-refractivity contribution >= 4 is 11.8 Å². The molecule has 0 heterocycles. The number of allylic oxidation sites excluding steroid dienone is 2. The van der Waals surface area contributed by atoms with Crippen LogP contribution in [0.2, 0.25) is 0 Å². The Bertz CT molecular complexity index is 736. The molecule has 5 atom stereocenters. The van der Waals surface area contributed by atoms with Gasteiger partial charge in [-0.05, 0) is 92.1 Å². The van der Waals surface area contributed by atoms with E-state index in [1.54, 1.807) is 6.92 Å². The molecule has 4 aliphatic rings. The zero-order chi connectivity index (χ0) is 19.4. The molecule has 3 nitrogen and oxygen atoms in total. The van der Waals surface area contributed by atoms with Crippen molar-refractivity contribution < 1.29 is 18.7 Å². The topological polar surface area (TPSA) is 43.4 Å². The molecule has 0 saturated heterocycles. The minimum absolute atomic E-state index is 0.129. The van der Waals surface area contributed by atoms with Gasteiger partial charge in [-0.15, -0.1) is 0 Å². The second-order valence-electron chi connectivity index (χ2n) is 9.48. The van der Waals surface area contributed by atoms with E-state index in [2.05, 4.69) is 13.8 Å². The van der Waals surface area contributed by atoms with Crippen molar-refractivity contribution in [3.05, 3.63) is 23.0 Å². The molecule has 27 heavy (non-hydrogen) atoms. The summed E-state index contributed by atoms with van der Waals surface area (Å²) in [6.45, 7) is 6.45. The molecular weight excluding hydrogens is 343 g/mol. The van der Waals surface area contributed by atoms with Crippen LogP contribution in [0.4, 0.5) is 4.39 Å². The molecule has 0 amide bonds. The smallest absolute Gasteiger partial charge is 0.367 e. The third-order valence-corrected chi connectivity index (χ3v) is 8.47. The summed E-state index contributed by atoms with van der Waals surface area (Å²) in [6, 6.07) is 0. The Labute approximate surface area is 161 Å². The number of carbonyl (C=O) groups excluding carboxylic acids is 2. The summed E-state index contributed by atoms with van der Waals surface area (Å²) >= 11 is 0. The first-order valence-corrected chi connectivity index (χ1v) is 10.6. The van der Waals surface area contributed by atoms with Crippen LogP contribution in [0.15, 0.2) is 23.0 Å². The minimum atomic E-state index is -0.789. The molecule has 148 valence electrons. The average Bonchev–Trinajstić information content (AvgIpc) is 2.99. The van der Waals surface area contributed by atoms with Crippen LogP contribution in [-0.2, 0) is 14.3 Å². The van der Waals surface area contributed by atoms with Gasteiger partial charge in [0.15, 0.2) is 5.78 Å². The van der Waals surface area contributed by atoms with E-state index in [9.17, 15) is 14.0 Å². The highest BCUT2D eigenvalue weighted by atomic mass is 19.1. The van der Waals surface area contributed by atoms with E-state index in [-0.39, 0.29) is 23.2 Å². The molecule has 0 aromatic rings. The van der Waals surface area contributed by atoms with Crippen LogP contribution in [0.1, 0.15) is 72.1 Å². The van der Waals surface area contributed by atoms with Gasteiger partial charge in [0.25, 0.3) is 0 Å². The van der Waals surface area contributed by atoms with Crippen LogP contribution in [0.25, 0.3) is 0 Å². The quantitative estimate of drug-likeness (QED) is 0.486. The van der Waals surface area contributed by atoms with Gasteiger partial charge in [0.05, 0.1) is 6.61 Å². The molecule has 4 aliphatic carbocycles. The average molecular weight is 374 g/mol. The van der Waals surface area contributed by atoms with Gasteiger partial charge in [-0.1, -0.05) is 19.4 Å². The molecule has 0 spiro atoms. The zero-order valence-corrected chi connectivity index (χ0v) is 16.8. The standard InChI is InChI=1S/C23H31FO3/c1-4-27-21(26)20(24)19-8-7-17-16-6-5-14-13-15(25)9-11-22(14,2)18(16)10-12-23(17,19)3/h13,16-18H,4-12H2,1-3H3/b20-19+/t16?,17?,18?,22-,23-/m0/s1. The van der Waals surface area contributed by atoms with Crippen molar-refractivity contribution in [1.82, 2.24) is 0 Å². The minimum Gasteiger partial charge on any atom is -0.461 e. The Morgan fingerprint density at radius 2 is 1.85 bits per heavy atom. The third-order valence-electron chi connectivity index (χ3n) is 8.47. The number of carbonyl (C=O) groups is 2. The van der Waals surface area contributed by atoms with Crippen molar-refractivity contribution in [2.75, 3.05) is 6.61 Å². The summed E-state index contributed by atoms with van der Waals surface area (Å²) < 4.78 is 19.8. The van der Waals surface area contributed by atoms with Gasteiger partial charge < -0.3 is 4.74 Å². The van der Waals surface area contributed by atoms with Crippen LogP contribution in [-0.4, -0.2) is 18.4 Å². The molecule has 0 radical (unpaired) electrons. The Morgan fingerprint density at radius 3 is 2.59 bits per heavy atom. The lowest BCUT2D eigenvalue weighted by molar-refractivity contribution is -0.140. The number of ketones is 1. The Morgan fingerprint density at radius 1 is 1.11 bits per heavy atom. The van der Waals surface area contributed by atoms with Gasteiger partial charge >= 0.3 is 5.97 Å². The molecule has 0 aromatic heterocycles. The predicted molar refractivity (Wildman–Crippen MR) is 101 cm³/mol. The summed E-state index contributed by atoms with van der Waals surface area (Å²) in [6.07, 6.45) is 9.26. The fraction of sp³-hybridized carbons (Fsp3) is 0.739. The maximum absolute atomic E-state index is 14.9. The largest absolute Gasteiger partial charge is 0.461 e. The second-order valence-corrected chi connectivity index (χ2v) is 9.48. The Hall–Kier alpha value is -1.45. The van der Waals surface area contributed by atoms with E-state index in [4.69, 9.17) is 4.74 Å². The normalized spacial score (nSPS) is 42.6. The van der Waals surface area contributed by atoms with Crippen molar-refractivity contribution in [1.29, 1.82) is 0 Å². The van der Waals surface area contributed by atoms with E-state index >= 15 is 0 Å². The molecule has 4 heteroatoms. The lowest BCUT2D eigenvalue weighted by Gasteiger charge is -2.57. The van der Waals surface area contributed by atoms with Crippen molar-refractivity contribution in [3.8, 4) is 0 Å². The Kier molecular flexibility index (Phi) is 4.59. The van der Waals surface area contributed by atoms with Crippen LogP contribution in [0, 0.1) is 28.6 Å². The summed E-state index contributed by atoms with van der Waals surface area (Å²) in [5.41, 5.74) is 1.97. The first kappa shape index (κ1) is 18.9. The fourth-order valence-electron chi connectivity index (χ4n) is 7.05. The summed E-state index contributed by atoms with van der Waals surface area (Å²) in [7, 11) is 0. The molecule has 3 saturated carbocycles.